The van der Waals surface area contributed by atoms with Gasteiger partial charge in [0.15, 0.2) is 0 Å². The van der Waals surface area contributed by atoms with E-state index in [0.29, 0.717) is 5.75 Å². The molecule has 0 fully saturated rings. The van der Waals surface area contributed by atoms with Crippen molar-refractivity contribution in [3.63, 3.8) is 0 Å². The van der Waals surface area contributed by atoms with Crippen LogP contribution in [0.15, 0.2) is 24.3 Å². The molecule has 0 bridgehead atoms. The lowest BCUT2D eigenvalue weighted by atomic mass is 10.1. The molecule has 4 heteroatoms. The monoisotopic (exact) mass is 194 g/mol. The number of aryl methyl sites for hydroxylation is 1. The van der Waals surface area contributed by atoms with Crippen LogP contribution in [0.1, 0.15) is 25.3 Å². The van der Waals surface area contributed by atoms with Crippen LogP contribution in [0.3, 0.4) is 0 Å². The van der Waals surface area contributed by atoms with E-state index in [1.165, 1.54) is 0 Å². The van der Waals surface area contributed by atoms with Gasteiger partial charge in [0.2, 0.25) is 0 Å². The lowest BCUT2D eigenvalue weighted by Gasteiger charge is -2.09. The van der Waals surface area contributed by atoms with Gasteiger partial charge in [-0.3, -0.25) is 0 Å². The van der Waals surface area contributed by atoms with E-state index in [-0.39, 0.29) is 0 Å². The molecule has 0 saturated heterocycles. The van der Waals surface area contributed by atoms with E-state index < -0.39 is 7.32 Å². The maximum atomic E-state index is 8.69. The fourth-order valence-electron chi connectivity index (χ4n) is 1.31. The topological polar surface area (TPSA) is 49.7 Å². The molecule has 76 valence electrons. The zero-order chi connectivity index (χ0) is 10.4. The Morgan fingerprint density at radius 3 is 2.64 bits per heavy atom. The molecular weight excluding hydrogens is 179 g/mol. The first-order chi connectivity index (χ1) is 6.74. The van der Waals surface area contributed by atoms with Gasteiger partial charge in [-0.25, -0.2) is 0 Å². The van der Waals surface area contributed by atoms with E-state index in [1.54, 1.807) is 6.07 Å². The molecule has 0 aliphatic heterocycles. The van der Waals surface area contributed by atoms with Crippen molar-refractivity contribution in [1.82, 2.24) is 0 Å². The zero-order valence-corrected chi connectivity index (χ0v) is 8.31. The summed E-state index contributed by atoms with van der Waals surface area (Å²) in [5.74, 6) is 0.552. The van der Waals surface area contributed by atoms with Crippen LogP contribution < -0.4 is 4.65 Å². The maximum absolute atomic E-state index is 8.69. The molecule has 0 atom stereocenters. The van der Waals surface area contributed by atoms with Gasteiger partial charge in [-0.2, -0.15) is 0 Å². The maximum Gasteiger partial charge on any atom is 0.707 e. The van der Waals surface area contributed by atoms with Crippen molar-refractivity contribution in [2.75, 3.05) is 0 Å². The molecule has 2 N–H and O–H groups in total. The Kier molecular flexibility index (Phi) is 4.49. The van der Waals surface area contributed by atoms with E-state index in [0.717, 1.165) is 24.8 Å². The summed E-state index contributed by atoms with van der Waals surface area (Å²) in [7, 11) is -1.74. The van der Waals surface area contributed by atoms with Gasteiger partial charge in [0.1, 0.15) is 5.75 Å². The summed E-state index contributed by atoms with van der Waals surface area (Å²) in [6, 6.07) is 7.41. The lowest BCUT2D eigenvalue weighted by Crippen LogP contribution is -2.21. The smallest absolute Gasteiger partial charge is 0.512 e. The van der Waals surface area contributed by atoms with Crippen LogP contribution in [0.4, 0.5) is 0 Å². The van der Waals surface area contributed by atoms with Crippen molar-refractivity contribution >= 4 is 7.32 Å². The molecule has 1 aromatic carbocycles. The lowest BCUT2D eigenvalue weighted by molar-refractivity contribution is 0.287. The van der Waals surface area contributed by atoms with Crippen LogP contribution >= 0.6 is 0 Å². The zero-order valence-electron chi connectivity index (χ0n) is 8.31. The van der Waals surface area contributed by atoms with Crippen molar-refractivity contribution in [2.24, 2.45) is 0 Å². The Bertz CT molecular complexity index is 276. The summed E-state index contributed by atoms with van der Waals surface area (Å²) in [6.07, 6.45) is 3.08. The van der Waals surface area contributed by atoms with Crippen LogP contribution in [-0.4, -0.2) is 17.4 Å². The summed E-state index contributed by atoms with van der Waals surface area (Å²) in [6.45, 7) is 2.12. The highest BCUT2D eigenvalue weighted by molar-refractivity contribution is 6.33. The molecule has 0 spiro atoms. The van der Waals surface area contributed by atoms with Crippen molar-refractivity contribution in [2.45, 2.75) is 26.2 Å². The van der Waals surface area contributed by atoms with Gasteiger partial charge in [-0.05, 0) is 24.5 Å². The normalized spacial score (nSPS) is 9.93. The fraction of sp³-hybridized carbons (Fsp3) is 0.400. The van der Waals surface area contributed by atoms with Crippen LogP contribution in [0, 0.1) is 0 Å². The van der Waals surface area contributed by atoms with Crippen molar-refractivity contribution < 1.29 is 14.7 Å². The summed E-state index contributed by atoms with van der Waals surface area (Å²) in [5.41, 5.74) is 1.02. The van der Waals surface area contributed by atoms with Gasteiger partial charge >= 0.3 is 7.32 Å². The van der Waals surface area contributed by atoms with Crippen LogP contribution in [0.2, 0.25) is 0 Å². The molecule has 0 saturated carbocycles. The summed E-state index contributed by atoms with van der Waals surface area (Å²) >= 11 is 0. The molecule has 1 rings (SSSR count). The Morgan fingerprint density at radius 2 is 2.00 bits per heavy atom. The molecular formula is C10H15BO3. The second-order valence-corrected chi connectivity index (χ2v) is 3.16. The second kappa shape index (κ2) is 5.68. The van der Waals surface area contributed by atoms with E-state index in [1.807, 2.05) is 18.2 Å². The van der Waals surface area contributed by atoms with Gasteiger partial charge in [0.05, 0.1) is 0 Å². The molecule has 0 unspecified atom stereocenters. The minimum absolute atomic E-state index is 0.552. The molecule has 0 heterocycles. The van der Waals surface area contributed by atoms with Gasteiger partial charge in [0, 0.05) is 0 Å². The molecule has 3 nitrogen and oxygen atoms in total. The average molecular weight is 194 g/mol. The molecule has 0 aliphatic carbocycles. The first kappa shape index (κ1) is 11.1. The highest BCUT2D eigenvalue weighted by atomic mass is 16.6. The SMILES string of the molecule is CCCCc1ccccc1OB(O)O. The molecule has 0 radical (unpaired) electrons. The first-order valence-electron chi connectivity index (χ1n) is 4.84. The minimum Gasteiger partial charge on any atom is -0.512 e. The third kappa shape index (κ3) is 3.40. The predicted octanol–water partition coefficient (Wildman–Crippen LogP) is 1.38. The molecule has 0 aromatic heterocycles. The van der Waals surface area contributed by atoms with Crippen LogP contribution in [-0.2, 0) is 6.42 Å². The van der Waals surface area contributed by atoms with Gasteiger partial charge in [-0.1, -0.05) is 31.5 Å². The Morgan fingerprint density at radius 1 is 1.29 bits per heavy atom. The average Bonchev–Trinajstić information content (AvgIpc) is 2.16. The Balaban J connectivity index is 2.69. The summed E-state index contributed by atoms with van der Waals surface area (Å²) in [4.78, 5) is 0. The quantitative estimate of drug-likeness (QED) is 0.696. The van der Waals surface area contributed by atoms with Gasteiger partial charge in [-0.15, -0.1) is 0 Å². The van der Waals surface area contributed by atoms with E-state index in [2.05, 4.69) is 6.92 Å². The molecule has 0 amide bonds. The number of hydrogen-bond acceptors (Lipinski definition) is 3. The summed E-state index contributed by atoms with van der Waals surface area (Å²) < 4.78 is 4.85. The van der Waals surface area contributed by atoms with Crippen molar-refractivity contribution in [1.29, 1.82) is 0 Å². The van der Waals surface area contributed by atoms with Crippen LogP contribution in [0.5, 0.6) is 5.75 Å². The fourth-order valence-corrected chi connectivity index (χ4v) is 1.31. The number of para-hydroxylation sites is 1. The number of hydrogen-bond donors (Lipinski definition) is 2. The molecule has 14 heavy (non-hydrogen) atoms. The number of rotatable bonds is 5. The minimum atomic E-state index is -1.74. The highest BCUT2D eigenvalue weighted by Gasteiger charge is 2.13. The van der Waals surface area contributed by atoms with E-state index in [4.69, 9.17) is 14.7 Å². The van der Waals surface area contributed by atoms with Crippen LogP contribution in [0.25, 0.3) is 0 Å². The van der Waals surface area contributed by atoms with Gasteiger partial charge < -0.3 is 14.7 Å². The Labute approximate surface area is 84.5 Å². The third-order valence-electron chi connectivity index (χ3n) is 2.00. The molecule has 0 aliphatic rings. The number of benzene rings is 1. The highest BCUT2D eigenvalue weighted by Crippen LogP contribution is 2.20. The Hall–Kier alpha value is -0.995. The number of unbranched alkanes of at least 4 members (excludes halogenated alkanes) is 1. The third-order valence-corrected chi connectivity index (χ3v) is 2.00. The van der Waals surface area contributed by atoms with Crippen molar-refractivity contribution in [3.8, 4) is 5.75 Å². The standard InChI is InChI=1S/C10H15BO3/c1-2-3-6-9-7-4-5-8-10(9)14-11(12)13/h4-5,7-8,12-13H,2-3,6H2,1H3. The van der Waals surface area contributed by atoms with E-state index in [9.17, 15) is 0 Å². The van der Waals surface area contributed by atoms with Gasteiger partial charge in [0.25, 0.3) is 0 Å². The predicted molar refractivity (Wildman–Crippen MR) is 55.9 cm³/mol. The van der Waals surface area contributed by atoms with E-state index >= 15 is 0 Å². The molecule has 1 aromatic rings. The first-order valence-corrected chi connectivity index (χ1v) is 4.84. The van der Waals surface area contributed by atoms with Crippen molar-refractivity contribution in [3.05, 3.63) is 29.8 Å². The summed E-state index contributed by atoms with van der Waals surface area (Å²) in [5, 5.41) is 17.4. The largest absolute Gasteiger partial charge is 0.707 e. The second-order valence-electron chi connectivity index (χ2n) is 3.16.